The quantitative estimate of drug-likeness (QED) is 0.807. The molecule has 4 nitrogen and oxygen atoms in total. The molecule has 0 bridgehead atoms. The standard InChI is InChI=1S/C20H22ClNO3/c1-3-25-18-8-7-13(9-19(18)24-2)12-22-20(23)17-11-16(17)14-5-4-6-15(21)10-14/h4-10,16-17H,3,11-12H2,1-2H3,(H,22,23). The van der Waals surface area contributed by atoms with Crippen LogP contribution >= 0.6 is 11.6 Å². The summed E-state index contributed by atoms with van der Waals surface area (Å²) in [5, 5.41) is 3.72. The van der Waals surface area contributed by atoms with Crippen LogP contribution in [0.4, 0.5) is 0 Å². The molecule has 1 aliphatic carbocycles. The molecule has 1 amide bonds. The maximum atomic E-state index is 12.4. The van der Waals surface area contributed by atoms with Crippen molar-refractivity contribution in [2.45, 2.75) is 25.8 Å². The van der Waals surface area contributed by atoms with Gasteiger partial charge in [-0.25, -0.2) is 0 Å². The Bertz CT molecular complexity index is 762. The Morgan fingerprint density at radius 3 is 2.80 bits per heavy atom. The fourth-order valence-corrected chi connectivity index (χ4v) is 3.21. The van der Waals surface area contributed by atoms with Crippen LogP contribution in [0.5, 0.6) is 11.5 Å². The van der Waals surface area contributed by atoms with E-state index in [1.807, 2.05) is 49.4 Å². The second kappa shape index (κ2) is 7.79. The number of methoxy groups -OCH3 is 1. The lowest BCUT2D eigenvalue weighted by molar-refractivity contribution is -0.122. The van der Waals surface area contributed by atoms with Gasteiger partial charge in [-0.1, -0.05) is 29.8 Å². The Labute approximate surface area is 153 Å². The average Bonchev–Trinajstić information content (AvgIpc) is 3.41. The summed E-state index contributed by atoms with van der Waals surface area (Å²) in [6.45, 7) is 2.99. The first-order chi connectivity index (χ1) is 12.1. The zero-order valence-electron chi connectivity index (χ0n) is 14.4. The third kappa shape index (κ3) is 4.26. The third-order valence-corrected chi connectivity index (χ3v) is 4.63. The molecule has 1 N–H and O–H groups in total. The summed E-state index contributed by atoms with van der Waals surface area (Å²) in [5.74, 6) is 1.77. The molecule has 0 spiro atoms. The first-order valence-electron chi connectivity index (χ1n) is 8.45. The highest BCUT2D eigenvalue weighted by molar-refractivity contribution is 6.30. The summed E-state index contributed by atoms with van der Waals surface area (Å²) in [6.07, 6.45) is 0.874. The molecule has 2 aromatic rings. The third-order valence-electron chi connectivity index (χ3n) is 4.40. The zero-order chi connectivity index (χ0) is 17.8. The summed E-state index contributed by atoms with van der Waals surface area (Å²) >= 11 is 6.03. The van der Waals surface area contributed by atoms with Crippen molar-refractivity contribution in [1.29, 1.82) is 0 Å². The van der Waals surface area contributed by atoms with Crippen LogP contribution < -0.4 is 14.8 Å². The predicted octanol–water partition coefficient (Wildman–Crippen LogP) is 4.17. The van der Waals surface area contributed by atoms with Crippen LogP contribution in [0.3, 0.4) is 0 Å². The Hall–Kier alpha value is -2.20. The number of hydrogen-bond acceptors (Lipinski definition) is 3. The number of rotatable bonds is 7. The van der Waals surface area contributed by atoms with E-state index in [1.165, 1.54) is 0 Å². The minimum Gasteiger partial charge on any atom is -0.493 e. The van der Waals surface area contributed by atoms with Gasteiger partial charge in [-0.05, 0) is 54.7 Å². The van der Waals surface area contributed by atoms with Gasteiger partial charge >= 0.3 is 0 Å². The highest BCUT2D eigenvalue weighted by Crippen LogP contribution is 2.48. The summed E-state index contributed by atoms with van der Waals surface area (Å²) in [4.78, 5) is 12.4. The van der Waals surface area contributed by atoms with E-state index in [4.69, 9.17) is 21.1 Å². The molecule has 0 radical (unpaired) electrons. The fraction of sp³-hybridized carbons (Fsp3) is 0.350. The van der Waals surface area contributed by atoms with Crippen molar-refractivity contribution < 1.29 is 14.3 Å². The van der Waals surface area contributed by atoms with E-state index in [1.54, 1.807) is 7.11 Å². The van der Waals surface area contributed by atoms with E-state index < -0.39 is 0 Å². The minimum absolute atomic E-state index is 0.0306. The van der Waals surface area contributed by atoms with Crippen molar-refractivity contribution in [3.63, 3.8) is 0 Å². The van der Waals surface area contributed by atoms with Gasteiger partial charge in [0.25, 0.3) is 0 Å². The van der Waals surface area contributed by atoms with Crippen LogP contribution in [0.1, 0.15) is 30.4 Å². The fourth-order valence-electron chi connectivity index (χ4n) is 3.01. The first-order valence-corrected chi connectivity index (χ1v) is 8.83. The number of ether oxygens (including phenoxy) is 2. The number of nitrogens with one attached hydrogen (secondary N) is 1. The Morgan fingerprint density at radius 1 is 1.24 bits per heavy atom. The molecular formula is C20H22ClNO3. The summed E-state index contributed by atoms with van der Waals surface area (Å²) in [7, 11) is 1.61. The van der Waals surface area contributed by atoms with Gasteiger partial charge in [-0.2, -0.15) is 0 Å². The van der Waals surface area contributed by atoms with Crippen LogP contribution in [-0.2, 0) is 11.3 Å². The monoisotopic (exact) mass is 359 g/mol. The zero-order valence-corrected chi connectivity index (χ0v) is 15.2. The lowest BCUT2D eigenvalue weighted by Gasteiger charge is -2.11. The van der Waals surface area contributed by atoms with Crippen LogP contribution in [-0.4, -0.2) is 19.6 Å². The van der Waals surface area contributed by atoms with Gasteiger partial charge in [0.2, 0.25) is 5.91 Å². The predicted molar refractivity (Wildman–Crippen MR) is 98.3 cm³/mol. The molecule has 132 valence electrons. The second-order valence-electron chi connectivity index (χ2n) is 6.14. The molecule has 2 aromatic carbocycles. The average molecular weight is 360 g/mol. The van der Waals surface area contributed by atoms with Crippen LogP contribution in [0.2, 0.25) is 5.02 Å². The van der Waals surface area contributed by atoms with E-state index in [9.17, 15) is 4.79 Å². The van der Waals surface area contributed by atoms with Crippen molar-refractivity contribution in [1.82, 2.24) is 5.32 Å². The Balaban J connectivity index is 1.56. The topological polar surface area (TPSA) is 47.6 Å². The van der Waals surface area contributed by atoms with E-state index in [2.05, 4.69) is 5.32 Å². The molecule has 0 saturated heterocycles. The number of amides is 1. The van der Waals surface area contributed by atoms with E-state index >= 15 is 0 Å². The van der Waals surface area contributed by atoms with E-state index in [-0.39, 0.29) is 17.7 Å². The number of hydrogen-bond donors (Lipinski definition) is 1. The lowest BCUT2D eigenvalue weighted by Crippen LogP contribution is -2.24. The summed E-state index contributed by atoms with van der Waals surface area (Å²) in [6, 6.07) is 13.5. The van der Waals surface area contributed by atoms with Crippen molar-refractivity contribution in [3.8, 4) is 11.5 Å². The molecule has 25 heavy (non-hydrogen) atoms. The largest absolute Gasteiger partial charge is 0.493 e. The molecule has 5 heteroatoms. The molecule has 1 fully saturated rings. The smallest absolute Gasteiger partial charge is 0.224 e. The summed E-state index contributed by atoms with van der Waals surface area (Å²) < 4.78 is 10.8. The highest BCUT2D eigenvalue weighted by atomic mass is 35.5. The normalized spacial score (nSPS) is 18.5. The van der Waals surface area contributed by atoms with Crippen LogP contribution in [0.25, 0.3) is 0 Å². The van der Waals surface area contributed by atoms with E-state index in [0.717, 1.165) is 17.5 Å². The molecular weight excluding hydrogens is 338 g/mol. The van der Waals surface area contributed by atoms with Gasteiger partial charge in [0, 0.05) is 17.5 Å². The molecule has 1 aliphatic rings. The first kappa shape index (κ1) is 17.6. The van der Waals surface area contributed by atoms with Gasteiger partial charge < -0.3 is 14.8 Å². The highest BCUT2D eigenvalue weighted by Gasteiger charge is 2.43. The van der Waals surface area contributed by atoms with Crippen molar-refractivity contribution in [2.24, 2.45) is 5.92 Å². The lowest BCUT2D eigenvalue weighted by atomic mass is 10.1. The van der Waals surface area contributed by atoms with Crippen molar-refractivity contribution >= 4 is 17.5 Å². The van der Waals surface area contributed by atoms with Crippen LogP contribution in [0.15, 0.2) is 42.5 Å². The molecule has 0 aromatic heterocycles. The van der Waals surface area contributed by atoms with Gasteiger partial charge in [0.15, 0.2) is 11.5 Å². The molecule has 0 heterocycles. The van der Waals surface area contributed by atoms with Gasteiger partial charge in [-0.15, -0.1) is 0 Å². The Kier molecular flexibility index (Phi) is 5.49. The molecule has 1 saturated carbocycles. The maximum Gasteiger partial charge on any atom is 0.224 e. The van der Waals surface area contributed by atoms with Gasteiger partial charge in [0.1, 0.15) is 0 Å². The summed E-state index contributed by atoms with van der Waals surface area (Å²) in [5.41, 5.74) is 2.11. The van der Waals surface area contributed by atoms with Crippen LogP contribution in [0, 0.1) is 5.92 Å². The van der Waals surface area contributed by atoms with Gasteiger partial charge in [0.05, 0.1) is 13.7 Å². The molecule has 2 unspecified atom stereocenters. The van der Waals surface area contributed by atoms with Gasteiger partial charge in [-0.3, -0.25) is 4.79 Å². The maximum absolute atomic E-state index is 12.4. The van der Waals surface area contributed by atoms with E-state index in [0.29, 0.717) is 29.7 Å². The number of halogens is 1. The number of carbonyl (C=O) groups excluding carboxylic acids is 1. The number of carbonyl (C=O) groups is 1. The molecule has 3 rings (SSSR count). The van der Waals surface area contributed by atoms with Crippen molar-refractivity contribution in [3.05, 3.63) is 58.6 Å². The minimum atomic E-state index is 0.0306. The number of benzene rings is 2. The SMILES string of the molecule is CCOc1ccc(CNC(=O)C2CC2c2cccc(Cl)c2)cc1OC. The Morgan fingerprint density at radius 2 is 2.08 bits per heavy atom. The second-order valence-corrected chi connectivity index (χ2v) is 6.58. The molecule has 2 atom stereocenters. The van der Waals surface area contributed by atoms with Crippen molar-refractivity contribution in [2.75, 3.05) is 13.7 Å². The molecule has 0 aliphatic heterocycles.